The Morgan fingerprint density at radius 3 is 2.55 bits per heavy atom. The third-order valence-electron chi connectivity index (χ3n) is 3.93. The molecule has 7 heteroatoms. The van der Waals surface area contributed by atoms with Gasteiger partial charge in [0, 0.05) is 12.6 Å². The van der Waals surface area contributed by atoms with Crippen LogP contribution in [0.1, 0.15) is 18.4 Å². The van der Waals surface area contributed by atoms with Crippen molar-refractivity contribution in [1.29, 1.82) is 0 Å². The first kappa shape index (κ1) is 17.1. The first-order chi connectivity index (χ1) is 10.5. The van der Waals surface area contributed by atoms with Gasteiger partial charge >= 0.3 is 0 Å². The van der Waals surface area contributed by atoms with Crippen LogP contribution in [-0.4, -0.2) is 42.3 Å². The Balaban J connectivity index is 2.17. The molecule has 1 aliphatic rings. The van der Waals surface area contributed by atoms with Gasteiger partial charge in [0.15, 0.2) is 11.5 Å². The highest BCUT2D eigenvalue weighted by atomic mass is 32.2. The van der Waals surface area contributed by atoms with Crippen LogP contribution >= 0.6 is 0 Å². The van der Waals surface area contributed by atoms with Crippen molar-refractivity contribution >= 4 is 10.0 Å². The molecule has 2 N–H and O–H groups in total. The fourth-order valence-electron chi connectivity index (χ4n) is 2.66. The van der Waals surface area contributed by atoms with Crippen molar-refractivity contribution in [3.05, 3.63) is 17.7 Å². The molecule has 0 radical (unpaired) electrons. The standard InChI is InChI=1S/C15H24N2O4S/c1-11-7-13(20-2)14(21-3)8-15(11)22(18,19)17-10-12-5-4-6-16-9-12/h7-8,12,16-17H,4-6,9-10H2,1-3H3. The van der Waals surface area contributed by atoms with E-state index in [9.17, 15) is 8.42 Å². The van der Waals surface area contributed by atoms with Gasteiger partial charge < -0.3 is 14.8 Å². The predicted molar refractivity (Wildman–Crippen MR) is 85.1 cm³/mol. The lowest BCUT2D eigenvalue weighted by Gasteiger charge is -2.23. The van der Waals surface area contributed by atoms with E-state index in [1.807, 2.05) is 0 Å². The Kier molecular flexibility index (Phi) is 5.66. The Bertz CT molecular complexity index is 610. The number of hydrogen-bond donors (Lipinski definition) is 2. The van der Waals surface area contributed by atoms with Gasteiger partial charge in [-0.05, 0) is 50.4 Å². The Hall–Kier alpha value is -1.31. The summed E-state index contributed by atoms with van der Waals surface area (Å²) in [5, 5.41) is 3.28. The van der Waals surface area contributed by atoms with Gasteiger partial charge in [0.05, 0.1) is 19.1 Å². The summed E-state index contributed by atoms with van der Waals surface area (Å²) in [5.74, 6) is 1.27. The largest absolute Gasteiger partial charge is 0.493 e. The maximum Gasteiger partial charge on any atom is 0.240 e. The zero-order valence-electron chi connectivity index (χ0n) is 13.3. The molecule has 0 aliphatic carbocycles. The van der Waals surface area contributed by atoms with Gasteiger partial charge in [-0.3, -0.25) is 0 Å². The van der Waals surface area contributed by atoms with Crippen LogP contribution in [0.4, 0.5) is 0 Å². The first-order valence-corrected chi connectivity index (χ1v) is 8.89. The zero-order valence-corrected chi connectivity index (χ0v) is 14.1. The van der Waals surface area contributed by atoms with E-state index >= 15 is 0 Å². The van der Waals surface area contributed by atoms with Crippen molar-refractivity contribution in [3.8, 4) is 11.5 Å². The van der Waals surface area contributed by atoms with Gasteiger partial charge in [-0.1, -0.05) is 0 Å². The second kappa shape index (κ2) is 7.30. The van der Waals surface area contributed by atoms with Crippen LogP contribution in [0.15, 0.2) is 17.0 Å². The van der Waals surface area contributed by atoms with Gasteiger partial charge in [0.2, 0.25) is 10.0 Å². The van der Waals surface area contributed by atoms with Crippen molar-refractivity contribution in [1.82, 2.24) is 10.0 Å². The van der Waals surface area contributed by atoms with E-state index in [4.69, 9.17) is 9.47 Å². The minimum absolute atomic E-state index is 0.230. The van der Waals surface area contributed by atoms with Crippen molar-refractivity contribution in [3.63, 3.8) is 0 Å². The quantitative estimate of drug-likeness (QED) is 0.823. The summed E-state index contributed by atoms with van der Waals surface area (Å²) in [7, 11) is -0.543. The molecular formula is C15H24N2O4S. The summed E-state index contributed by atoms with van der Waals surface area (Å²) in [6.07, 6.45) is 2.13. The summed E-state index contributed by atoms with van der Waals surface area (Å²) in [4.78, 5) is 0.230. The molecule has 0 aromatic heterocycles. The smallest absolute Gasteiger partial charge is 0.240 e. The number of benzene rings is 1. The number of sulfonamides is 1. The summed E-state index contributed by atoms with van der Waals surface area (Å²) >= 11 is 0. The molecule has 2 rings (SSSR count). The Morgan fingerprint density at radius 1 is 1.27 bits per heavy atom. The average molecular weight is 328 g/mol. The molecule has 1 saturated heterocycles. The summed E-state index contributed by atoms with van der Waals surface area (Å²) in [6.45, 7) is 4.06. The third-order valence-corrected chi connectivity index (χ3v) is 5.50. The van der Waals surface area contributed by atoms with Crippen molar-refractivity contribution in [2.24, 2.45) is 5.92 Å². The Morgan fingerprint density at radius 2 is 1.95 bits per heavy atom. The van der Waals surface area contributed by atoms with Crippen molar-refractivity contribution < 1.29 is 17.9 Å². The van der Waals surface area contributed by atoms with Gasteiger partial charge in [0.25, 0.3) is 0 Å². The van der Waals surface area contributed by atoms with Crippen LogP contribution < -0.4 is 19.5 Å². The van der Waals surface area contributed by atoms with Gasteiger partial charge in [-0.15, -0.1) is 0 Å². The number of nitrogens with one attached hydrogen (secondary N) is 2. The topological polar surface area (TPSA) is 76.7 Å². The normalized spacial score (nSPS) is 19.0. The predicted octanol–water partition coefficient (Wildman–Crippen LogP) is 1.29. The maximum absolute atomic E-state index is 12.5. The fraction of sp³-hybridized carbons (Fsp3) is 0.600. The molecule has 22 heavy (non-hydrogen) atoms. The van der Waals surface area contributed by atoms with Gasteiger partial charge in [0.1, 0.15) is 0 Å². The minimum Gasteiger partial charge on any atom is -0.493 e. The van der Waals surface area contributed by atoms with E-state index in [1.165, 1.54) is 20.3 Å². The molecule has 1 unspecified atom stereocenters. The Labute approximate surface area is 132 Å². The number of rotatable bonds is 6. The first-order valence-electron chi connectivity index (χ1n) is 7.41. The van der Waals surface area contributed by atoms with E-state index < -0.39 is 10.0 Å². The molecule has 1 aromatic carbocycles. The highest BCUT2D eigenvalue weighted by molar-refractivity contribution is 7.89. The number of aryl methyl sites for hydroxylation is 1. The van der Waals surface area contributed by atoms with Gasteiger partial charge in [-0.25, -0.2) is 13.1 Å². The lowest BCUT2D eigenvalue weighted by atomic mass is 10.0. The van der Waals surface area contributed by atoms with Gasteiger partial charge in [-0.2, -0.15) is 0 Å². The molecule has 1 atom stereocenters. The van der Waals surface area contributed by atoms with Crippen LogP contribution in [0.3, 0.4) is 0 Å². The molecule has 1 aliphatic heterocycles. The molecule has 1 aromatic rings. The molecule has 6 nitrogen and oxygen atoms in total. The number of hydrogen-bond acceptors (Lipinski definition) is 5. The molecule has 0 spiro atoms. The highest BCUT2D eigenvalue weighted by Crippen LogP contribution is 2.32. The second-order valence-electron chi connectivity index (χ2n) is 5.54. The van der Waals surface area contributed by atoms with Crippen LogP contribution in [0.5, 0.6) is 11.5 Å². The molecular weight excluding hydrogens is 304 g/mol. The molecule has 0 saturated carbocycles. The van der Waals surface area contributed by atoms with E-state index in [0.717, 1.165) is 25.9 Å². The van der Waals surface area contributed by atoms with Crippen LogP contribution in [-0.2, 0) is 10.0 Å². The summed E-state index contributed by atoms with van der Waals surface area (Å²) < 4.78 is 38.2. The van der Waals surface area contributed by atoms with Crippen LogP contribution in [0.25, 0.3) is 0 Å². The maximum atomic E-state index is 12.5. The third kappa shape index (κ3) is 3.91. The lowest BCUT2D eigenvalue weighted by Crippen LogP contribution is -2.38. The minimum atomic E-state index is -3.56. The molecule has 1 heterocycles. The zero-order chi connectivity index (χ0) is 16.2. The molecule has 0 bridgehead atoms. The monoisotopic (exact) mass is 328 g/mol. The van der Waals surface area contributed by atoms with Crippen molar-refractivity contribution in [2.75, 3.05) is 33.9 Å². The van der Waals surface area contributed by atoms with Crippen LogP contribution in [0, 0.1) is 12.8 Å². The molecule has 0 amide bonds. The van der Waals surface area contributed by atoms with Crippen molar-refractivity contribution in [2.45, 2.75) is 24.7 Å². The average Bonchev–Trinajstić information content (AvgIpc) is 2.53. The van der Waals surface area contributed by atoms with E-state index in [1.54, 1.807) is 13.0 Å². The van der Waals surface area contributed by atoms with E-state index in [0.29, 0.717) is 29.5 Å². The number of piperidine rings is 1. The number of methoxy groups -OCH3 is 2. The van der Waals surface area contributed by atoms with Crippen LogP contribution in [0.2, 0.25) is 0 Å². The summed E-state index contributed by atoms with van der Waals surface area (Å²) in [6, 6.07) is 3.19. The molecule has 1 fully saturated rings. The second-order valence-corrected chi connectivity index (χ2v) is 7.27. The highest BCUT2D eigenvalue weighted by Gasteiger charge is 2.22. The van der Waals surface area contributed by atoms with E-state index in [2.05, 4.69) is 10.0 Å². The SMILES string of the molecule is COc1cc(C)c(S(=O)(=O)NCC2CCCNC2)cc1OC. The number of ether oxygens (including phenoxy) is 2. The fourth-order valence-corrected chi connectivity index (χ4v) is 4.01. The molecule has 124 valence electrons. The summed E-state index contributed by atoms with van der Waals surface area (Å²) in [5.41, 5.74) is 0.631. The van der Waals surface area contributed by atoms with E-state index in [-0.39, 0.29) is 4.90 Å². The lowest BCUT2D eigenvalue weighted by molar-refractivity contribution is 0.353.